The molecule has 0 bridgehead atoms. The molecule has 1 rings (SSSR count). The maximum Gasteiger partial charge on any atom is 0.122 e. The zero-order valence-electron chi connectivity index (χ0n) is 8.55. The average Bonchev–Trinajstić information content (AvgIpc) is 2.15. The van der Waals surface area contributed by atoms with Crippen molar-refractivity contribution in [2.75, 3.05) is 18.6 Å². The highest BCUT2D eigenvalue weighted by atomic mass is 79.9. The fourth-order valence-electron chi connectivity index (χ4n) is 1.16. The van der Waals surface area contributed by atoms with Crippen molar-refractivity contribution in [3.05, 3.63) is 28.2 Å². The zero-order valence-corrected chi connectivity index (χ0v) is 11.0. The van der Waals surface area contributed by atoms with E-state index in [1.807, 2.05) is 23.9 Å². The van der Waals surface area contributed by atoms with Crippen LogP contribution in [0.25, 0.3) is 0 Å². The third-order valence-corrected chi connectivity index (χ3v) is 3.08. The summed E-state index contributed by atoms with van der Waals surface area (Å²) in [5.41, 5.74) is 1.18. The van der Waals surface area contributed by atoms with Crippen LogP contribution in [-0.2, 0) is 0 Å². The number of thioether (sulfide) groups is 1. The van der Waals surface area contributed by atoms with Crippen LogP contribution < -0.4 is 4.74 Å². The van der Waals surface area contributed by atoms with Crippen LogP contribution in [0.1, 0.15) is 12.0 Å². The Bertz CT molecular complexity index is 289. The molecule has 0 saturated carbocycles. The predicted molar refractivity (Wildman–Crippen MR) is 67.4 cm³/mol. The summed E-state index contributed by atoms with van der Waals surface area (Å²) in [7, 11) is 0. The van der Waals surface area contributed by atoms with Gasteiger partial charge in [0.2, 0.25) is 0 Å². The van der Waals surface area contributed by atoms with E-state index in [4.69, 9.17) is 4.74 Å². The van der Waals surface area contributed by atoms with Gasteiger partial charge in [-0.15, -0.1) is 0 Å². The summed E-state index contributed by atoms with van der Waals surface area (Å²) in [6.45, 7) is 2.87. The number of aryl methyl sites for hydroxylation is 1. The van der Waals surface area contributed by atoms with Gasteiger partial charge >= 0.3 is 0 Å². The second-order valence-electron chi connectivity index (χ2n) is 3.10. The van der Waals surface area contributed by atoms with Crippen molar-refractivity contribution in [2.24, 2.45) is 0 Å². The Morgan fingerprint density at radius 1 is 1.43 bits per heavy atom. The minimum Gasteiger partial charge on any atom is -0.493 e. The fraction of sp³-hybridized carbons (Fsp3) is 0.455. The molecule has 0 aliphatic carbocycles. The van der Waals surface area contributed by atoms with Crippen LogP contribution in [-0.4, -0.2) is 18.6 Å². The molecule has 0 amide bonds. The summed E-state index contributed by atoms with van der Waals surface area (Å²) in [5, 5.41) is 0. The predicted octanol–water partition coefficient (Wildman–Crippen LogP) is 3.89. The molecular weight excluding hydrogens is 260 g/mol. The minimum absolute atomic E-state index is 0.809. The normalized spacial score (nSPS) is 10.2. The zero-order chi connectivity index (χ0) is 10.4. The lowest BCUT2D eigenvalue weighted by molar-refractivity contribution is 0.316. The Labute approximate surface area is 98.4 Å². The summed E-state index contributed by atoms with van der Waals surface area (Å²) in [6.07, 6.45) is 3.22. The SMILES string of the molecule is CSCCCOc1ccc(Br)cc1C. The van der Waals surface area contributed by atoms with Gasteiger partial charge in [-0.05, 0) is 49.1 Å². The van der Waals surface area contributed by atoms with Gasteiger partial charge in [-0.3, -0.25) is 0 Å². The number of rotatable bonds is 5. The topological polar surface area (TPSA) is 9.23 Å². The van der Waals surface area contributed by atoms with Crippen LogP contribution in [0.2, 0.25) is 0 Å². The molecule has 0 N–H and O–H groups in total. The Morgan fingerprint density at radius 3 is 2.86 bits per heavy atom. The highest BCUT2D eigenvalue weighted by Gasteiger charge is 1.99. The minimum atomic E-state index is 0.809. The van der Waals surface area contributed by atoms with Gasteiger partial charge in [0.15, 0.2) is 0 Å². The first-order chi connectivity index (χ1) is 6.74. The highest BCUT2D eigenvalue weighted by Crippen LogP contribution is 2.22. The van der Waals surface area contributed by atoms with Crippen molar-refractivity contribution in [1.82, 2.24) is 0 Å². The Kier molecular flexibility index (Phi) is 5.41. The maximum atomic E-state index is 5.66. The molecule has 0 aromatic heterocycles. The maximum absolute atomic E-state index is 5.66. The lowest BCUT2D eigenvalue weighted by Gasteiger charge is -2.08. The first-order valence-electron chi connectivity index (χ1n) is 4.62. The van der Waals surface area contributed by atoms with Crippen LogP contribution in [0.15, 0.2) is 22.7 Å². The Hall–Kier alpha value is -0.150. The average molecular weight is 275 g/mol. The van der Waals surface area contributed by atoms with Gasteiger partial charge in [0.1, 0.15) is 5.75 Å². The van der Waals surface area contributed by atoms with Gasteiger partial charge in [0.25, 0.3) is 0 Å². The smallest absolute Gasteiger partial charge is 0.122 e. The molecule has 0 aliphatic heterocycles. The molecule has 0 fully saturated rings. The standard InChI is InChI=1S/C11H15BrOS/c1-9-8-10(12)4-5-11(9)13-6-3-7-14-2/h4-5,8H,3,6-7H2,1-2H3. The number of hydrogen-bond acceptors (Lipinski definition) is 2. The van der Waals surface area contributed by atoms with Crippen molar-refractivity contribution in [2.45, 2.75) is 13.3 Å². The van der Waals surface area contributed by atoms with E-state index in [1.165, 1.54) is 5.56 Å². The Balaban J connectivity index is 2.42. The van der Waals surface area contributed by atoms with Gasteiger partial charge in [-0.1, -0.05) is 15.9 Å². The molecule has 1 aromatic carbocycles. The van der Waals surface area contributed by atoms with Gasteiger partial charge in [-0.25, -0.2) is 0 Å². The number of hydrogen-bond donors (Lipinski definition) is 0. The number of halogens is 1. The van der Waals surface area contributed by atoms with Crippen LogP contribution in [0.3, 0.4) is 0 Å². The molecule has 0 saturated heterocycles. The van der Waals surface area contributed by atoms with Gasteiger partial charge in [0.05, 0.1) is 6.61 Å². The molecular formula is C11H15BrOS. The van der Waals surface area contributed by atoms with Crippen LogP contribution in [0.5, 0.6) is 5.75 Å². The summed E-state index contributed by atoms with van der Waals surface area (Å²) in [5.74, 6) is 2.16. The van der Waals surface area contributed by atoms with Gasteiger partial charge in [-0.2, -0.15) is 11.8 Å². The second-order valence-corrected chi connectivity index (χ2v) is 5.01. The van der Waals surface area contributed by atoms with Gasteiger partial charge in [0, 0.05) is 4.47 Å². The molecule has 14 heavy (non-hydrogen) atoms. The summed E-state index contributed by atoms with van der Waals surface area (Å²) in [4.78, 5) is 0. The van der Waals surface area contributed by atoms with E-state index in [2.05, 4.69) is 35.2 Å². The molecule has 0 heterocycles. The molecule has 0 atom stereocenters. The lowest BCUT2D eigenvalue weighted by Crippen LogP contribution is -1.99. The summed E-state index contributed by atoms with van der Waals surface area (Å²) >= 11 is 5.29. The van der Waals surface area contributed by atoms with Crippen molar-refractivity contribution >= 4 is 27.7 Å². The fourth-order valence-corrected chi connectivity index (χ4v) is 2.04. The van der Waals surface area contributed by atoms with Crippen LogP contribution in [0, 0.1) is 6.92 Å². The Morgan fingerprint density at radius 2 is 2.21 bits per heavy atom. The van der Waals surface area contributed by atoms with Crippen molar-refractivity contribution in [3.63, 3.8) is 0 Å². The molecule has 1 aromatic rings. The molecule has 0 radical (unpaired) electrons. The third-order valence-electron chi connectivity index (χ3n) is 1.89. The van der Waals surface area contributed by atoms with Crippen molar-refractivity contribution in [1.29, 1.82) is 0 Å². The van der Waals surface area contributed by atoms with E-state index in [0.717, 1.165) is 29.0 Å². The number of benzene rings is 1. The molecule has 3 heteroatoms. The van der Waals surface area contributed by atoms with E-state index in [0.29, 0.717) is 0 Å². The molecule has 78 valence electrons. The van der Waals surface area contributed by atoms with E-state index < -0.39 is 0 Å². The highest BCUT2D eigenvalue weighted by molar-refractivity contribution is 9.10. The third kappa shape index (κ3) is 3.93. The molecule has 1 nitrogen and oxygen atoms in total. The van der Waals surface area contributed by atoms with E-state index >= 15 is 0 Å². The number of ether oxygens (including phenoxy) is 1. The lowest BCUT2D eigenvalue weighted by atomic mass is 10.2. The molecule has 0 spiro atoms. The molecule has 0 aliphatic rings. The molecule has 0 unspecified atom stereocenters. The van der Waals surface area contributed by atoms with Crippen molar-refractivity contribution in [3.8, 4) is 5.75 Å². The van der Waals surface area contributed by atoms with Crippen molar-refractivity contribution < 1.29 is 4.74 Å². The van der Waals surface area contributed by atoms with Crippen LogP contribution in [0.4, 0.5) is 0 Å². The first-order valence-corrected chi connectivity index (χ1v) is 6.80. The van der Waals surface area contributed by atoms with E-state index in [9.17, 15) is 0 Å². The quantitative estimate of drug-likeness (QED) is 0.754. The monoisotopic (exact) mass is 274 g/mol. The van der Waals surface area contributed by atoms with Gasteiger partial charge < -0.3 is 4.74 Å². The van der Waals surface area contributed by atoms with Crippen LogP contribution >= 0.6 is 27.7 Å². The largest absolute Gasteiger partial charge is 0.493 e. The van der Waals surface area contributed by atoms with E-state index in [1.54, 1.807) is 0 Å². The van der Waals surface area contributed by atoms with E-state index in [-0.39, 0.29) is 0 Å². The second kappa shape index (κ2) is 6.36. The summed E-state index contributed by atoms with van der Waals surface area (Å²) in [6, 6.07) is 6.10. The first kappa shape index (κ1) is 11.9. The summed E-state index contributed by atoms with van der Waals surface area (Å²) < 4.78 is 6.76.